The quantitative estimate of drug-likeness (QED) is 0.734. The minimum absolute atomic E-state index is 0.933. The maximum atomic E-state index is 3.95. The van der Waals surface area contributed by atoms with Crippen LogP contribution in [-0.2, 0) is 0 Å². The molecule has 1 nitrogen and oxygen atoms in total. The van der Waals surface area contributed by atoms with Crippen LogP contribution in [0.4, 0.5) is 0 Å². The zero-order chi connectivity index (χ0) is 11.0. The minimum atomic E-state index is 0.933. The average Bonchev–Trinajstić information content (AvgIpc) is 2.85. The van der Waals surface area contributed by atoms with Crippen LogP contribution in [0.1, 0.15) is 32.1 Å². The molecule has 5 aliphatic rings. The van der Waals surface area contributed by atoms with Crippen LogP contribution in [-0.4, -0.2) is 12.6 Å². The highest BCUT2D eigenvalue weighted by Crippen LogP contribution is 2.65. The van der Waals surface area contributed by atoms with Crippen LogP contribution < -0.4 is 5.32 Å². The molecule has 5 rings (SSSR count). The maximum Gasteiger partial charge on any atom is 0.0136 e. The van der Waals surface area contributed by atoms with E-state index in [9.17, 15) is 0 Å². The lowest BCUT2D eigenvalue weighted by atomic mass is 9.93. The fourth-order valence-electron chi connectivity index (χ4n) is 6.01. The second kappa shape index (κ2) is 3.17. The Kier molecular flexibility index (Phi) is 1.79. The molecule has 7 unspecified atom stereocenters. The van der Waals surface area contributed by atoms with E-state index >= 15 is 0 Å². The van der Waals surface area contributed by atoms with Crippen molar-refractivity contribution in [2.24, 2.45) is 41.4 Å². The van der Waals surface area contributed by atoms with E-state index in [1.54, 1.807) is 19.3 Å². The summed E-state index contributed by atoms with van der Waals surface area (Å²) < 4.78 is 0. The molecule has 4 fully saturated rings. The zero-order valence-electron chi connectivity index (χ0n) is 10.5. The number of nitrogens with one attached hydrogen (secondary N) is 1. The summed E-state index contributed by atoms with van der Waals surface area (Å²) in [4.78, 5) is 0. The Bertz CT molecular complexity index is 358. The minimum Gasteiger partial charge on any atom is -0.313 e. The predicted octanol–water partition coefficient (Wildman–Crippen LogP) is 2.83. The van der Waals surface area contributed by atoms with Crippen molar-refractivity contribution in [1.82, 2.24) is 5.32 Å². The number of allylic oxidation sites excluding steroid dienone is 2. The molecule has 17 heavy (non-hydrogen) atoms. The van der Waals surface area contributed by atoms with Gasteiger partial charge in [-0.1, -0.05) is 12.2 Å². The third-order valence-corrected chi connectivity index (χ3v) is 6.77. The molecule has 4 bridgehead atoms. The van der Waals surface area contributed by atoms with E-state index in [2.05, 4.69) is 17.5 Å². The molecule has 1 heteroatoms. The van der Waals surface area contributed by atoms with Crippen LogP contribution in [0, 0.1) is 41.4 Å². The summed E-state index contributed by atoms with van der Waals surface area (Å²) >= 11 is 0. The molecule has 1 N–H and O–H groups in total. The molecule has 0 radical (unpaired) electrons. The van der Waals surface area contributed by atoms with Crippen LogP contribution in [0.15, 0.2) is 12.2 Å². The van der Waals surface area contributed by atoms with Crippen molar-refractivity contribution in [2.75, 3.05) is 6.54 Å². The standard InChI is InChI=1S/C16H23N/c1-2-10-5-9(1)6-13(10)8-17-16-14-11-3-4-12(7-11)15(14)16/h1-2,9-17H,3-8H2. The topological polar surface area (TPSA) is 12.0 Å². The lowest BCUT2D eigenvalue weighted by molar-refractivity contribution is 0.382. The van der Waals surface area contributed by atoms with E-state index in [1.165, 1.54) is 19.4 Å². The van der Waals surface area contributed by atoms with Gasteiger partial charge in [-0.15, -0.1) is 0 Å². The number of rotatable bonds is 3. The summed E-state index contributed by atoms with van der Waals surface area (Å²) in [6.45, 7) is 1.32. The Morgan fingerprint density at radius 1 is 0.941 bits per heavy atom. The highest BCUT2D eigenvalue weighted by molar-refractivity contribution is 5.17. The summed E-state index contributed by atoms with van der Waals surface area (Å²) in [6.07, 6.45) is 12.6. The van der Waals surface area contributed by atoms with Gasteiger partial charge in [0, 0.05) is 6.04 Å². The van der Waals surface area contributed by atoms with Crippen molar-refractivity contribution in [3.8, 4) is 0 Å². The molecule has 0 spiro atoms. The van der Waals surface area contributed by atoms with Crippen LogP contribution in [0.5, 0.6) is 0 Å². The first-order valence-electron chi connectivity index (χ1n) is 7.82. The first-order valence-corrected chi connectivity index (χ1v) is 7.82. The molecule has 4 saturated carbocycles. The molecular weight excluding hydrogens is 206 g/mol. The van der Waals surface area contributed by atoms with E-state index in [1.807, 2.05) is 0 Å². The highest BCUT2D eigenvalue weighted by atomic mass is 15.0. The normalized spacial score (nSPS) is 61.2. The lowest BCUT2D eigenvalue weighted by Gasteiger charge is -2.20. The second-order valence-electron chi connectivity index (χ2n) is 7.46. The summed E-state index contributed by atoms with van der Waals surface area (Å²) in [7, 11) is 0. The molecule has 5 aliphatic carbocycles. The number of hydrogen-bond donors (Lipinski definition) is 1. The van der Waals surface area contributed by atoms with Crippen molar-refractivity contribution < 1.29 is 0 Å². The van der Waals surface area contributed by atoms with Gasteiger partial charge >= 0.3 is 0 Å². The summed E-state index contributed by atoms with van der Waals surface area (Å²) in [5, 5.41) is 3.95. The summed E-state index contributed by atoms with van der Waals surface area (Å²) in [6, 6.07) is 0.948. The average molecular weight is 229 g/mol. The van der Waals surface area contributed by atoms with E-state index in [4.69, 9.17) is 0 Å². The first-order chi connectivity index (χ1) is 8.40. The molecule has 0 aromatic carbocycles. The smallest absolute Gasteiger partial charge is 0.0136 e. The molecule has 0 heterocycles. The van der Waals surface area contributed by atoms with Gasteiger partial charge in [0.2, 0.25) is 0 Å². The van der Waals surface area contributed by atoms with Gasteiger partial charge in [-0.05, 0) is 80.1 Å². The van der Waals surface area contributed by atoms with Gasteiger partial charge in [-0.25, -0.2) is 0 Å². The number of fused-ring (bicyclic) bond motifs is 7. The Balaban J connectivity index is 1.20. The van der Waals surface area contributed by atoms with Crippen molar-refractivity contribution in [2.45, 2.75) is 38.1 Å². The van der Waals surface area contributed by atoms with E-state index < -0.39 is 0 Å². The van der Waals surface area contributed by atoms with Gasteiger partial charge in [0.15, 0.2) is 0 Å². The van der Waals surface area contributed by atoms with Gasteiger partial charge in [0.25, 0.3) is 0 Å². The van der Waals surface area contributed by atoms with E-state index in [0.717, 1.165) is 47.5 Å². The number of hydrogen-bond acceptors (Lipinski definition) is 1. The third kappa shape index (κ3) is 1.24. The van der Waals surface area contributed by atoms with Gasteiger partial charge < -0.3 is 5.32 Å². The monoisotopic (exact) mass is 229 g/mol. The highest BCUT2D eigenvalue weighted by Gasteiger charge is 2.64. The van der Waals surface area contributed by atoms with Crippen molar-refractivity contribution in [1.29, 1.82) is 0 Å². The van der Waals surface area contributed by atoms with Crippen LogP contribution in [0.3, 0.4) is 0 Å². The molecule has 0 saturated heterocycles. The van der Waals surface area contributed by atoms with Gasteiger partial charge in [-0.3, -0.25) is 0 Å². The Morgan fingerprint density at radius 3 is 2.41 bits per heavy atom. The maximum absolute atomic E-state index is 3.95. The SMILES string of the molecule is C1=CC2CC1CC2CNC1C2C3CCC(C3)C12. The lowest BCUT2D eigenvalue weighted by Crippen LogP contribution is -2.30. The van der Waals surface area contributed by atoms with Crippen molar-refractivity contribution in [3.05, 3.63) is 12.2 Å². The molecule has 92 valence electrons. The first kappa shape index (κ1) is 9.61. The van der Waals surface area contributed by atoms with Crippen LogP contribution in [0.25, 0.3) is 0 Å². The van der Waals surface area contributed by atoms with Gasteiger partial charge in [-0.2, -0.15) is 0 Å². The largest absolute Gasteiger partial charge is 0.313 e. The van der Waals surface area contributed by atoms with E-state index in [0.29, 0.717) is 0 Å². The molecule has 0 aromatic rings. The van der Waals surface area contributed by atoms with Crippen LogP contribution >= 0.6 is 0 Å². The summed E-state index contributed by atoms with van der Waals surface area (Å²) in [5.74, 6) is 7.34. The van der Waals surface area contributed by atoms with Crippen LogP contribution in [0.2, 0.25) is 0 Å². The molecule has 7 atom stereocenters. The fraction of sp³-hybridized carbons (Fsp3) is 0.875. The van der Waals surface area contributed by atoms with E-state index in [-0.39, 0.29) is 0 Å². The second-order valence-corrected chi connectivity index (χ2v) is 7.46. The Morgan fingerprint density at radius 2 is 1.76 bits per heavy atom. The van der Waals surface area contributed by atoms with Crippen molar-refractivity contribution >= 4 is 0 Å². The van der Waals surface area contributed by atoms with Crippen molar-refractivity contribution in [3.63, 3.8) is 0 Å². The molecule has 0 aromatic heterocycles. The third-order valence-electron chi connectivity index (χ3n) is 6.77. The Labute approximate surface area is 104 Å². The zero-order valence-corrected chi connectivity index (χ0v) is 10.5. The fourth-order valence-corrected chi connectivity index (χ4v) is 6.01. The molecular formula is C16H23N. The Hall–Kier alpha value is -0.300. The van der Waals surface area contributed by atoms with Gasteiger partial charge in [0.05, 0.1) is 0 Å². The molecule has 0 amide bonds. The predicted molar refractivity (Wildman–Crippen MR) is 68.4 cm³/mol. The van der Waals surface area contributed by atoms with Gasteiger partial charge in [0.1, 0.15) is 0 Å². The molecule has 0 aliphatic heterocycles. The summed E-state index contributed by atoms with van der Waals surface area (Å²) in [5.41, 5.74) is 0.